The van der Waals surface area contributed by atoms with E-state index in [0.29, 0.717) is 31.5 Å². The Morgan fingerprint density at radius 2 is 2.03 bits per heavy atom. The minimum Gasteiger partial charge on any atom is -0.466 e. The van der Waals surface area contributed by atoms with Gasteiger partial charge in [-0.1, -0.05) is 17.7 Å². The van der Waals surface area contributed by atoms with Gasteiger partial charge in [0.15, 0.2) is 0 Å². The third-order valence-corrected chi connectivity index (χ3v) is 5.65. The van der Waals surface area contributed by atoms with E-state index >= 15 is 0 Å². The number of benzene rings is 1. The zero-order valence-electron chi connectivity index (χ0n) is 17.4. The van der Waals surface area contributed by atoms with E-state index in [1.165, 1.54) is 17.0 Å². The largest absolute Gasteiger partial charge is 0.466 e. The number of hydroxylamine groups is 1. The lowest BCUT2D eigenvalue weighted by Gasteiger charge is -2.36. The summed E-state index contributed by atoms with van der Waals surface area (Å²) in [5.74, 6) is -1.86. The molecular formula is C21H25ClFN3O5. The molecule has 0 radical (unpaired) electrons. The molecule has 2 aliphatic heterocycles. The first-order valence-corrected chi connectivity index (χ1v) is 10.5. The molecule has 3 rings (SSSR count). The molecule has 0 saturated carbocycles. The van der Waals surface area contributed by atoms with Crippen LogP contribution in [0.15, 0.2) is 23.9 Å². The van der Waals surface area contributed by atoms with Gasteiger partial charge in [-0.3, -0.25) is 24.7 Å². The maximum absolute atomic E-state index is 14.4. The van der Waals surface area contributed by atoms with E-state index in [0.717, 1.165) is 0 Å². The normalized spacial score (nSPS) is 17.2. The van der Waals surface area contributed by atoms with Gasteiger partial charge in [0.05, 0.1) is 23.6 Å². The van der Waals surface area contributed by atoms with Crippen molar-refractivity contribution < 1.29 is 28.3 Å². The van der Waals surface area contributed by atoms with Crippen LogP contribution in [0, 0.1) is 12.7 Å². The van der Waals surface area contributed by atoms with Crippen molar-refractivity contribution in [2.75, 3.05) is 26.2 Å². The van der Waals surface area contributed by atoms with E-state index in [2.05, 4.69) is 10.8 Å². The second kappa shape index (κ2) is 9.65. The lowest BCUT2D eigenvalue weighted by Crippen LogP contribution is -2.47. The molecule has 168 valence electrons. The van der Waals surface area contributed by atoms with Crippen molar-refractivity contribution in [2.45, 2.75) is 38.7 Å². The Kier molecular flexibility index (Phi) is 7.17. The van der Waals surface area contributed by atoms with E-state index in [-0.39, 0.29) is 41.8 Å². The highest BCUT2D eigenvalue weighted by atomic mass is 35.5. The van der Waals surface area contributed by atoms with E-state index < -0.39 is 23.2 Å². The number of amides is 2. The Balaban J connectivity index is 1.57. The van der Waals surface area contributed by atoms with Gasteiger partial charge < -0.3 is 15.0 Å². The number of carbonyl (C=O) groups excluding carboxylic acids is 3. The first-order valence-electron chi connectivity index (χ1n) is 10.1. The van der Waals surface area contributed by atoms with Crippen LogP contribution in [0.3, 0.4) is 0 Å². The number of piperidine rings is 1. The minimum absolute atomic E-state index is 0.0774. The molecule has 10 heteroatoms. The molecule has 2 heterocycles. The molecule has 0 atom stereocenters. The summed E-state index contributed by atoms with van der Waals surface area (Å²) in [5.41, 5.74) is 2.37. The molecule has 0 aliphatic carbocycles. The van der Waals surface area contributed by atoms with Crippen LogP contribution in [0.25, 0.3) is 0 Å². The van der Waals surface area contributed by atoms with Crippen molar-refractivity contribution >= 4 is 29.4 Å². The number of rotatable bonds is 6. The summed E-state index contributed by atoms with van der Waals surface area (Å²) in [4.78, 5) is 43.6. The molecular weight excluding hydrogens is 429 g/mol. The smallest absolute Gasteiger partial charge is 0.307 e. The number of carbonyl (C=O) groups is 3. The van der Waals surface area contributed by atoms with E-state index in [1.807, 2.05) is 0 Å². The molecule has 2 N–H and O–H groups in total. The van der Waals surface area contributed by atoms with Crippen LogP contribution in [0.4, 0.5) is 4.39 Å². The van der Waals surface area contributed by atoms with Crippen molar-refractivity contribution in [2.24, 2.45) is 0 Å². The number of nitrogens with one attached hydrogen (secondary N) is 2. The number of ether oxygens (including phenoxy) is 1. The molecule has 0 aromatic heterocycles. The molecule has 2 aliphatic rings. The van der Waals surface area contributed by atoms with Gasteiger partial charge in [0.2, 0.25) is 0 Å². The third kappa shape index (κ3) is 5.16. The summed E-state index contributed by atoms with van der Waals surface area (Å²) in [6, 6.07) is 3.04. The van der Waals surface area contributed by atoms with Crippen LogP contribution in [-0.4, -0.2) is 54.5 Å². The highest BCUT2D eigenvalue weighted by Crippen LogP contribution is 2.33. The Hall–Kier alpha value is -2.65. The number of esters is 1. The second-order valence-electron chi connectivity index (χ2n) is 7.48. The van der Waals surface area contributed by atoms with Crippen LogP contribution in [0.5, 0.6) is 0 Å². The predicted molar refractivity (Wildman–Crippen MR) is 111 cm³/mol. The number of nitrogens with zero attached hydrogens (tertiary/aromatic N) is 1. The number of hydrogen-bond acceptors (Lipinski definition) is 6. The summed E-state index contributed by atoms with van der Waals surface area (Å²) >= 11 is 6.06. The fourth-order valence-electron chi connectivity index (χ4n) is 3.54. The van der Waals surface area contributed by atoms with E-state index in [4.69, 9.17) is 21.2 Å². The Morgan fingerprint density at radius 3 is 2.71 bits per heavy atom. The minimum atomic E-state index is -0.737. The first kappa shape index (κ1) is 23.0. The summed E-state index contributed by atoms with van der Waals surface area (Å²) in [5, 5.41) is 2.71. The summed E-state index contributed by atoms with van der Waals surface area (Å²) in [6.45, 7) is 4.37. The van der Waals surface area contributed by atoms with Gasteiger partial charge >= 0.3 is 5.97 Å². The fourth-order valence-corrected chi connectivity index (χ4v) is 3.77. The van der Waals surface area contributed by atoms with Crippen molar-refractivity contribution in [3.05, 3.63) is 45.9 Å². The summed E-state index contributed by atoms with van der Waals surface area (Å²) in [7, 11) is 0. The topological polar surface area (TPSA) is 97.0 Å². The van der Waals surface area contributed by atoms with Crippen molar-refractivity contribution in [3.63, 3.8) is 0 Å². The second-order valence-corrected chi connectivity index (χ2v) is 7.89. The van der Waals surface area contributed by atoms with Crippen molar-refractivity contribution in [3.8, 4) is 0 Å². The zero-order chi connectivity index (χ0) is 22.6. The highest BCUT2D eigenvalue weighted by Gasteiger charge is 2.41. The van der Waals surface area contributed by atoms with Gasteiger partial charge in [-0.2, -0.15) is 0 Å². The molecule has 1 spiro atoms. The third-order valence-electron chi connectivity index (χ3n) is 5.33. The molecule has 0 unspecified atom stereocenters. The maximum Gasteiger partial charge on any atom is 0.307 e. The number of hydrogen-bond donors (Lipinski definition) is 2. The Labute approximate surface area is 184 Å². The fraction of sp³-hybridized carbons (Fsp3) is 0.476. The lowest BCUT2D eigenvalue weighted by molar-refractivity contribution is -0.143. The van der Waals surface area contributed by atoms with Crippen molar-refractivity contribution in [1.29, 1.82) is 0 Å². The SMILES string of the molecule is CCOC(=O)CCNC(=O)C1=CC2(CCN(C(=O)c3c(Cl)ccc(C)c3F)CC2)ON1. The quantitative estimate of drug-likeness (QED) is 0.641. The van der Waals surface area contributed by atoms with E-state index in [1.54, 1.807) is 19.9 Å². The van der Waals surface area contributed by atoms with Gasteiger partial charge in [0, 0.05) is 32.5 Å². The van der Waals surface area contributed by atoms with Crippen LogP contribution >= 0.6 is 11.6 Å². The number of likely N-dealkylation sites (tertiary alicyclic amines) is 1. The van der Waals surface area contributed by atoms with Gasteiger partial charge in [0.1, 0.15) is 17.1 Å². The summed E-state index contributed by atoms with van der Waals surface area (Å²) < 4.78 is 19.3. The standard InChI is InChI=1S/C21H25ClFN3O5/c1-3-30-16(27)6-9-24-19(28)15-12-21(31-25-15)7-10-26(11-8-21)20(29)17-14(22)5-4-13(2)18(17)23/h4-5,12,25H,3,6-11H2,1-2H3,(H,24,28). The van der Waals surface area contributed by atoms with Crippen LogP contribution in [0.2, 0.25) is 5.02 Å². The summed E-state index contributed by atoms with van der Waals surface area (Å²) in [6.07, 6.45) is 2.62. The van der Waals surface area contributed by atoms with Crippen LogP contribution in [0.1, 0.15) is 42.1 Å². The zero-order valence-corrected chi connectivity index (χ0v) is 18.2. The van der Waals surface area contributed by atoms with Gasteiger partial charge in [0.25, 0.3) is 11.8 Å². The lowest BCUT2D eigenvalue weighted by atomic mass is 9.90. The Morgan fingerprint density at radius 1 is 1.32 bits per heavy atom. The van der Waals surface area contributed by atoms with Gasteiger partial charge in [-0.25, -0.2) is 4.39 Å². The van der Waals surface area contributed by atoms with Crippen LogP contribution < -0.4 is 10.8 Å². The molecule has 8 nitrogen and oxygen atoms in total. The number of halogens is 2. The van der Waals surface area contributed by atoms with E-state index in [9.17, 15) is 18.8 Å². The molecule has 1 saturated heterocycles. The molecule has 2 amide bonds. The molecule has 1 aromatic rings. The van der Waals surface area contributed by atoms with Crippen LogP contribution in [-0.2, 0) is 19.2 Å². The van der Waals surface area contributed by atoms with Crippen molar-refractivity contribution in [1.82, 2.24) is 15.7 Å². The molecule has 1 fully saturated rings. The van der Waals surface area contributed by atoms with Gasteiger partial charge in [-0.05, 0) is 31.6 Å². The predicted octanol–water partition coefficient (Wildman–Crippen LogP) is 2.25. The monoisotopic (exact) mass is 453 g/mol. The average Bonchev–Trinajstić information content (AvgIpc) is 3.15. The number of aryl methyl sites for hydroxylation is 1. The molecule has 1 aromatic carbocycles. The first-order chi connectivity index (χ1) is 14.8. The average molecular weight is 454 g/mol. The highest BCUT2D eigenvalue weighted by molar-refractivity contribution is 6.33. The maximum atomic E-state index is 14.4. The molecule has 31 heavy (non-hydrogen) atoms. The van der Waals surface area contributed by atoms with Gasteiger partial charge in [-0.15, -0.1) is 0 Å². The molecule has 0 bridgehead atoms. The Bertz CT molecular complexity index is 913.